The predicted octanol–water partition coefficient (Wildman–Crippen LogP) is 2.14. The van der Waals surface area contributed by atoms with Gasteiger partial charge in [0, 0.05) is 6.20 Å². The third-order valence-electron chi connectivity index (χ3n) is 3.00. The smallest absolute Gasteiger partial charge is 0.256 e. The minimum absolute atomic E-state index is 0.0275. The molecule has 15 heavy (non-hydrogen) atoms. The Balaban J connectivity index is 2.38. The standard InChI is InChI=1S/C13H11NO/c15-13-12-10(7-8-14-13)6-5-9-3-1-2-4-11(9)12/h1-4,7-8H,5-6H2,(H,14,15). The van der Waals surface area contributed by atoms with Gasteiger partial charge in [0.05, 0.1) is 5.56 Å². The molecule has 1 aliphatic rings. The second kappa shape index (κ2) is 3.09. The van der Waals surface area contributed by atoms with Gasteiger partial charge in [-0.3, -0.25) is 4.79 Å². The Morgan fingerprint density at radius 1 is 1.00 bits per heavy atom. The van der Waals surface area contributed by atoms with Crippen molar-refractivity contribution in [2.75, 3.05) is 0 Å². The summed E-state index contributed by atoms with van der Waals surface area (Å²) in [6.45, 7) is 0. The van der Waals surface area contributed by atoms with Crippen molar-refractivity contribution in [3.63, 3.8) is 0 Å². The van der Waals surface area contributed by atoms with E-state index in [-0.39, 0.29) is 5.56 Å². The molecule has 0 unspecified atom stereocenters. The van der Waals surface area contributed by atoms with Crippen LogP contribution < -0.4 is 5.56 Å². The van der Waals surface area contributed by atoms with Crippen LogP contribution in [0, 0.1) is 0 Å². The van der Waals surface area contributed by atoms with Crippen LogP contribution in [0.2, 0.25) is 0 Å². The van der Waals surface area contributed by atoms with Gasteiger partial charge in [0.25, 0.3) is 5.56 Å². The molecule has 0 fully saturated rings. The third kappa shape index (κ3) is 1.22. The fourth-order valence-electron chi connectivity index (χ4n) is 2.27. The lowest BCUT2D eigenvalue weighted by atomic mass is 9.87. The quantitative estimate of drug-likeness (QED) is 0.689. The summed E-state index contributed by atoms with van der Waals surface area (Å²) >= 11 is 0. The molecule has 0 atom stereocenters. The molecule has 0 aliphatic heterocycles. The Kier molecular flexibility index (Phi) is 1.75. The summed E-state index contributed by atoms with van der Waals surface area (Å²) in [5.41, 5.74) is 4.43. The van der Waals surface area contributed by atoms with Crippen molar-refractivity contribution < 1.29 is 0 Å². The van der Waals surface area contributed by atoms with Gasteiger partial charge in [0.2, 0.25) is 0 Å². The van der Waals surface area contributed by atoms with Crippen molar-refractivity contribution in [2.45, 2.75) is 12.8 Å². The van der Waals surface area contributed by atoms with E-state index in [1.54, 1.807) is 6.20 Å². The summed E-state index contributed by atoms with van der Waals surface area (Å²) in [7, 11) is 0. The maximum absolute atomic E-state index is 11.8. The molecule has 0 saturated heterocycles. The molecule has 0 amide bonds. The second-order valence-corrected chi connectivity index (χ2v) is 3.86. The Morgan fingerprint density at radius 2 is 1.80 bits per heavy atom. The van der Waals surface area contributed by atoms with Crippen molar-refractivity contribution >= 4 is 0 Å². The van der Waals surface area contributed by atoms with Gasteiger partial charge in [-0.05, 0) is 35.6 Å². The molecular weight excluding hydrogens is 186 g/mol. The largest absolute Gasteiger partial charge is 0.329 e. The van der Waals surface area contributed by atoms with Crippen molar-refractivity contribution in [3.8, 4) is 11.1 Å². The lowest BCUT2D eigenvalue weighted by Crippen LogP contribution is -2.16. The van der Waals surface area contributed by atoms with E-state index in [1.807, 2.05) is 24.3 Å². The average Bonchev–Trinajstić information content (AvgIpc) is 2.29. The topological polar surface area (TPSA) is 32.9 Å². The molecular formula is C13H11NO. The number of aromatic nitrogens is 1. The molecule has 2 nitrogen and oxygen atoms in total. The number of aryl methyl sites for hydroxylation is 2. The van der Waals surface area contributed by atoms with Crippen LogP contribution in [0.1, 0.15) is 11.1 Å². The van der Waals surface area contributed by atoms with Crippen LogP contribution in [0.15, 0.2) is 41.3 Å². The van der Waals surface area contributed by atoms with Crippen LogP contribution in [0.4, 0.5) is 0 Å². The molecule has 2 aromatic rings. The zero-order chi connectivity index (χ0) is 10.3. The van der Waals surface area contributed by atoms with Crippen molar-refractivity contribution in [2.24, 2.45) is 0 Å². The van der Waals surface area contributed by atoms with Crippen molar-refractivity contribution in [1.29, 1.82) is 0 Å². The van der Waals surface area contributed by atoms with E-state index in [0.29, 0.717) is 0 Å². The zero-order valence-corrected chi connectivity index (χ0v) is 8.29. The number of rotatable bonds is 0. The van der Waals surface area contributed by atoms with Gasteiger partial charge in [0.1, 0.15) is 0 Å². The first-order valence-corrected chi connectivity index (χ1v) is 5.15. The third-order valence-corrected chi connectivity index (χ3v) is 3.00. The monoisotopic (exact) mass is 197 g/mol. The summed E-state index contributed by atoms with van der Waals surface area (Å²) in [4.78, 5) is 14.5. The van der Waals surface area contributed by atoms with E-state index in [1.165, 1.54) is 5.56 Å². The molecule has 0 bridgehead atoms. The van der Waals surface area contributed by atoms with Crippen LogP contribution in [-0.4, -0.2) is 4.98 Å². The van der Waals surface area contributed by atoms with Crippen LogP contribution >= 0.6 is 0 Å². The van der Waals surface area contributed by atoms with Gasteiger partial charge in [-0.1, -0.05) is 24.3 Å². The van der Waals surface area contributed by atoms with E-state index < -0.39 is 0 Å². The maximum Gasteiger partial charge on any atom is 0.256 e. The van der Waals surface area contributed by atoms with Gasteiger partial charge >= 0.3 is 0 Å². The Labute approximate surface area is 87.6 Å². The van der Waals surface area contributed by atoms with E-state index in [2.05, 4.69) is 11.1 Å². The molecule has 0 radical (unpaired) electrons. The molecule has 1 aromatic heterocycles. The predicted molar refractivity (Wildman–Crippen MR) is 59.9 cm³/mol. The summed E-state index contributed by atoms with van der Waals surface area (Å²) < 4.78 is 0. The SMILES string of the molecule is O=c1[nH]ccc2c1-c1ccccc1CC2. The van der Waals surface area contributed by atoms with E-state index in [0.717, 1.165) is 29.5 Å². The first-order chi connectivity index (χ1) is 7.36. The molecule has 1 aliphatic carbocycles. The first kappa shape index (κ1) is 8.48. The molecule has 1 N–H and O–H groups in total. The highest BCUT2D eigenvalue weighted by atomic mass is 16.1. The number of H-pyrrole nitrogens is 1. The molecule has 3 rings (SSSR count). The second-order valence-electron chi connectivity index (χ2n) is 3.86. The molecule has 1 heterocycles. The van der Waals surface area contributed by atoms with Gasteiger partial charge in [-0.15, -0.1) is 0 Å². The van der Waals surface area contributed by atoms with Crippen LogP contribution in [0.5, 0.6) is 0 Å². The van der Waals surface area contributed by atoms with Crippen molar-refractivity contribution in [1.82, 2.24) is 4.98 Å². The van der Waals surface area contributed by atoms with Gasteiger partial charge < -0.3 is 4.98 Å². The van der Waals surface area contributed by atoms with Crippen molar-refractivity contribution in [3.05, 3.63) is 58.0 Å². The summed E-state index contributed by atoms with van der Waals surface area (Å²) in [6.07, 6.45) is 3.73. The highest BCUT2D eigenvalue weighted by molar-refractivity contribution is 5.71. The molecule has 2 heteroatoms. The minimum Gasteiger partial charge on any atom is -0.329 e. The number of hydrogen-bond donors (Lipinski definition) is 1. The van der Waals surface area contributed by atoms with Gasteiger partial charge in [-0.25, -0.2) is 0 Å². The van der Waals surface area contributed by atoms with Gasteiger partial charge in [-0.2, -0.15) is 0 Å². The maximum atomic E-state index is 11.8. The number of benzene rings is 1. The molecule has 0 spiro atoms. The van der Waals surface area contributed by atoms with Crippen LogP contribution in [0.25, 0.3) is 11.1 Å². The number of fused-ring (bicyclic) bond motifs is 3. The Hall–Kier alpha value is -1.83. The average molecular weight is 197 g/mol. The molecule has 1 aromatic carbocycles. The lowest BCUT2D eigenvalue weighted by Gasteiger charge is -2.17. The zero-order valence-electron chi connectivity index (χ0n) is 8.29. The first-order valence-electron chi connectivity index (χ1n) is 5.15. The fraction of sp³-hybridized carbons (Fsp3) is 0.154. The highest BCUT2D eigenvalue weighted by Gasteiger charge is 2.17. The summed E-state index contributed by atoms with van der Waals surface area (Å²) in [5.74, 6) is 0. The Morgan fingerprint density at radius 3 is 2.73 bits per heavy atom. The minimum atomic E-state index is 0.0275. The summed E-state index contributed by atoms with van der Waals surface area (Å²) in [6, 6.07) is 10.2. The number of pyridine rings is 1. The number of aromatic amines is 1. The lowest BCUT2D eigenvalue weighted by molar-refractivity contribution is 0.930. The molecule has 74 valence electrons. The van der Waals surface area contributed by atoms with Gasteiger partial charge in [0.15, 0.2) is 0 Å². The Bertz CT molecular complexity index is 569. The van der Waals surface area contributed by atoms with E-state index in [4.69, 9.17) is 0 Å². The number of hydrogen-bond acceptors (Lipinski definition) is 1. The highest BCUT2D eigenvalue weighted by Crippen LogP contribution is 2.29. The van der Waals surface area contributed by atoms with Crippen LogP contribution in [-0.2, 0) is 12.8 Å². The van der Waals surface area contributed by atoms with Crippen LogP contribution in [0.3, 0.4) is 0 Å². The number of nitrogens with one attached hydrogen (secondary N) is 1. The molecule has 0 saturated carbocycles. The normalized spacial score (nSPS) is 13.1. The fourth-order valence-corrected chi connectivity index (χ4v) is 2.27. The van der Waals surface area contributed by atoms with E-state index >= 15 is 0 Å². The van der Waals surface area contributed by atoms with E-state index in [9.17, 15) is 4.79 Å². The summed E-state index contributed by atoms with van der Waals surface area (Å²) in [5, 5.41) is 0.